The molecule has 30 heavy (non-hydrogen) atoms. The minimum Gasteiger partial charge on any atom is -0.379 e. The van der Waals surface area contributed by atoms with E-state index in [0.717, 1.165) is 16.3 Å². The molecule has 1 saturated heterocycles. The third-order valence-corrected chi connectivity index (χ3v) is 7.16. The quantitative estimate of drug-likeness (QED) is 0.631. The summed E-state index contributed by atoms with van der Waals surface area (Å²) < 4.78 is 32.4. The van der Waals surface area contributed by atoms with Gasteiger partial charge in [0.25, 0.3) is 5.91 Å². The molecule has 6 nitrogen and oxygen atoms in total. The maximum Gasteiger partial charge on any atom is 0.253 e. The minimum atomic E-state index is -3.64. The smallest absolute Gasteiger partial charge is 0.253 e. The Hall–Kier alpha value is -2.74. The fourth-order valence-electron chi connectivity index (χ4n) is 3.63. The largest absolute Gasteiger partial charge is 0.379 e. The average Bonchev–Trinajstić information content (AvgIpc) is 2.79. The number of hydrogen-bond donors (Lipinski definition) is 0. The van der Waals surface area contributed by atoms with Crippen LogP contribution < -0.4 is 0 Å². The normalized spacial score (nSPS) is 15.2. The van der Waals surface area contributed by atoms with Gasteiger partial charge in [-0.2, -0.15) is 4.31 Å². The Labute approximate surface area is 176 Å². The Kier molecular flexibility index (Phi) is 5.85. The van der Waals surface area contributed by atoms with Crippen LogP contribution in [0.15, 0.2) is 71.6 Å². The highest BCUT2D eigenvalue weighted by Crippen LogP contribution is 2.20. The van der Waals surface area contributed by atoms with Crippen molar-refractivity contribution in [3.05, 3.63) is 77.9 Å². The number of nitrogens with zero attached hydrogens (tertiary/aromatic N) is 2. The molecule has 1 amide bonds. The number of benzene rings is 3. The van der Waals surface area contributed by atoms with E-state index in [-0.39, 0.29) is 10.8 Å². The van der Waals surface area contributed by atoms with Crippen LogP contribution in [0.2, 0.25) is 0 Å². The van der Waals surface area contributed by atoms with Crippen molar-refractivity contribution in [3.8, 4) is 0 Å². The molecule has 3 aromatic carbocycles. The molecule has 0 N–H and O–H groups in total. The molecule has 0 unspecified atom stereocenters. The predicted octanol–water partition coefficient (Wildman–Crippen LogP) is 3.13. The number of carbonyl (C=O) groups excluding carboxylic acids is 1. The van der Waals surface area contributed by atoms with Gasteiger partial charge in [0.15, 0.2) is 0 Å². The van der Waals surface area contributed by atoms with E-state index in [0.29, 0.717) is 38.4 Å². The maximum atomic E-state index is 13.0. The van der Waals surface area contributed by atoms with Crippen molar-refractivity contribution < 1.29 is 17.9 Å². The summed E-state index contributed by atoms with van der Waals surface area (Å²) in [4.78, 5) is 14.7. The summed E-state index contributed by atoms with van der Waals surface area (Å²) in [7, 11) is -1.92. The highest BCUT2D eigenvalue weighted by atomic mass is 32.2. The molecule has 0 aliphatic carbocycles. The van der Waals surface area contributed by atoms with Crippen LogP contribution in [0.5, 0.6) is 0 Å². The first kappa shape index (κ1) is 20.5. The number of fused-ring (bicyclic) bond motifs is 1. The zero-order valence-electron chi connectivity index (χ0n) is 16.8. The molecule has 0 atom stereocenters. The number of morpholine rings is 1. The number of sulfonamides is 1. The Morgan fingerprint density at radius 2 is 1.70 bits per heavy atom. The Balaban J connectivity index is 1.53. The van der Waals surface area contributed by atoms with Crippen LogP contribution in [0.25, 0.3) is 10.8 Å². The van der Waals surface area contributed by atoms with Crippen molar-refractivity contribution in [2.75, 3.05) is 33.4 Å². The van der Waals surface area contributed by atoms with Crippen molar-refractivity contribution in [3.63, 3.8) is 0 Å². The lowest BCUT2D eigenvalue weighted by Gasteiger charge is -2.26. The summed E-state index contributed by atoms with van der Waals surface area (Å²) >= 11 is 0. The van der Waals surface area contributed by atoms with E-state index in [1.54, 1.807) is 24.1 Å². The molecule has 0 saturated carbocycles. The fourth-order valence-corrected chi connectivity index (χ4v) is 5.08. The summed E-state index contributed by atoms with van der Waals surface area (Å²) in [5.74, 6) is -0.220. The molecule has 0 bridgehead atoms. The molecule has 1 fully saturated rings. The summed E-state index contributed by atoms with van der Waals surface area (Å²) in [6.45, 7) is 1.84. The number of rotatable bonds is 5. The molecule has 0 aromatic heterocycles. The van der Waals surface area contributed by atoms with Gasteiger partial charge in [-0.3, -0.25) is 4.79 Å². The lowest BCUT2D eigenvalue weighted by atomic mass is 10.1. The third kappa shape index (κ3) is 4.23. The van der Waals surface area contributed by atoms with E-state index in [9.17, 15) is 13.2 Å². The first-order valence-corrected chi connectivity index (χ1v) is 11.3. The van der Waals surface area contributed by atoms with Gasteiger partial charge in [0.1, 0.15) is 0 Å². The van der Waals surface area contributed by atoms with Gasteiger partial charge < -0.3 is 9.64 Å². The van der Waals surface area contributed by atoms with E-state index in [2.05, 4.69) is 6.07 Å². The van der Waals surface area contributed by atoms with Crippen LogP contribution in [0.1, 0.15) is 15.9 Å². The standard InChI is InChI=1S/C23H24N2O4S/c1-24(17-18-9-10-19-5-2-3-6-20(19)15-18)23(26)21-7-4-8-22(16-21)30(27,28)25-11-13-29-14-12-25/h2-10,15-16H,11-14,17H2,1H3. The molecule has 1 heterocycles. The first-order valence-electron chi connectivity index (χ1n) is 9.86. The summed E-state index contributed by atoms with van der Waals surface area (Å²) in [6, 6.07) is 20.4. The number of amides is 1. The van der Waals surface area contributed by atoms with Gasteiger partial charge in [0.05, 0.1) is 18.1 Å². The zero-order chi connectivity index (χ0) is 21.1. The SMILES string of the molecule is CN(Cc1ccc2ccccc2c1)C(=O)c1cccc(S(=O)(=O)N2CCOCC2)c1. The minimum absolute atomic E-state index is 0.134. The predicted molar refractivity (Wildman–Crippen MR) is 116 cm³/mol. The second-order valence-electron chi connectivity index (χ2n) is 7.39. The van der Waals surface area contributed by atoms with E-state index in [1.807, 2.05) is 36.4 Å². The van der Waals surface area contributed by atoms with Crippen molar-refractivity contribution in [1.82, 2.24) is 9.21 Å². The van der Waals surface area contributed by atoms with E-state index >= 15 is 0 Å². The van der Waals surface area contributed by atoms with Gasteiger partial charge in [-0.1, -0.05) is 42.5 Å². The van der Waals surface area contributed by atoms with Gasteiger partial charge in [0.2, 0.25) is 10.0 Å². The molecular weight excluding hydrogens is 400 g/mol. The summed E-state index contributed by atoms with van der Waals surface area (Å²) in [6.07, 6.45) is 0. The monoisotopic (exact) mass is 424 g/mol. The van der Waals surface area contributed by atoms with Crippen molar-refractivity contribution in [2.45, 2.75) is 11.4 Å². The number of hydrogen-bond acceptors (Lipinski definition) is 4. The topological polar surface area (TPSA) is 66.9 Å². The molecule has 3 aromatic rings. The van der Waals surface area contributed by atoms with Gasteiger partial charge in [0, 0.05) is 32.2 Å². The highest BCUT2D eigenvalue weighted by molar-refractivity contribution is 7.89. The maximum absolute atomic E-state index is 13.0. The molecule has 1 aliphatic heterocycles. The van der Waals surface area contributed by atoms with Gasteiger partial charge in [-0.15, -0.1) is 0 Å². The fraction of sp³-hybridized carbons (Fsp3) is 0.261. The average molecular weight is 425 g/mol. The first-order chi connectivity index (χ1) is 14.4. The second-order valence-corrected chi connectivity index (χ2v) is 9.32. The van der Waals surface area contributed by atoms with Crippen LogP contribution in [-0.2, 0) is 21.3 Å². The Bertz CT molecular complexity index is 1170. The van der Waals surface area contributed by atoms with Crippen LogP contribution in [-0.4, -0.2) is 56.9 Å². The Morgan fingerprint density at radius 3 is 2.47 bits per heavy atom. The van der Waals surface area contributed by atoms with E-state index in [1.165, 1.54) is 16.4 Å². The lowest BCUT2D eigenvalue weighted by Crippen LogP contribution is -2.40. The van der Waals surface area contributed by atoms with E-state index in [4.69, 9.17) is 4.74 Å². The van der Waals surface area contributed by atoms with Gasteiger partial charge in [-0.25, -0.2) is 8.42 Å². The molecule has 0 radical (unpaired) electrons. The number of carbonyl (C=O) groups is 1. The van der Waals surface area contributed by atoms with Crippen molar-refractivity contribution in [2.24, 2.45) is 0 Å². The molecule has 156 valence electrons. The molecule has 4 rings (SSSR count). The number of ether oxygens (including phenoxy) is 1. The second kappa shape index (κ2) is 8.55. The molecular formula is C23H24N2O4S. The van der Waals surface area contributed by atoms with Crippen LogP contribution >= 0.6 is 0 Å². The van der Waals surface area contributed by atoms with Crippen LogP contribution in [0.3, 0.4) is 0 Å². The van der Waals surface area contributed by atoms with Gasteiger partial charge >= 0.3 is 0 Å². The highest BCUT2D eigenvalue weighted by Gasteiger charge is 2.27. The summed E-state index contributed by atoms with van der Waals surface area (Å²) in [5.41, 5.74) is 1.37. The third-order valence-electron chi connectivity index (χ3n) is 5.27. The van der Waals surface area contributed by atoms with Gasteiger partial charge in [-0.05, 0) is 40.6 Å². The molecule has 0 spiro atoms. The van der Waals surface area contributed by atoms with Crippen LogP contribution in [0, 0.1) is 0 Å². The van der Waals surface area contributed by atoms with Crippen molar-refractivity contribution in [1.29, 1.82) is 0 Å². The van der Waals surface area contributed by atoms with Crippen molar-refractivity contribution >= 4 is 26.7 Å². The molecule has 7 heteroatoms. The lowest BCUT2D eigenvalue weighted by molar-refractivity contribution is 0.0730. The van der Waals surface area contributed by atoms with Crippen LogP contribution in [0.4, 0.5) is 0 Å². The van der Waals surface area contributed by atoms with E-state index < -0.39 is 10.0 Å². The Morgan fingerprint density at radius 1 is 0.967 bits per heavy atom. The summed E-state index contributed by atoms with van der Waals surface area (Å²) in [5, 5.41) is 2.27. The molecule has 1 aliphatic rings. The zero-order valence-corrected chi connectivity index (χ0v) is 17.6.